The first-order valence-corrected chi connectivity index (χ1v) is 7.37. The van der Waals surface area contributed by atoms with E-state index in [1.54, 1.807) is 0 Å². The largest absolute Gasteiger partial charge is 0.355 e. The molecule has 0 saturated heterocycles. The minimum Gasteiger partial charge on any atom is -0.355 e. The molecule has 1 rings (SSSR count). The number of nitrogens with zero attached hydrogens (tertiary/aromatic N) is 2. The molecule has 0 aromatic carbocycles. The number of hydrogen-bond acceptors (Lipinski definition) is 2. The van der Waals surface area contributed by atoms with E-state index in [2.05, 4.69) is 48.4 Å². The Hall–Kier alpha value is -1.25. The Morgan fingerprint density at radius 2 is 2.16 bits per heavy atom. The normalized spacial score (nSPS) is 11.6. The van der Waals surface area contributed by atoms with Crippen molar-refractivity contribution in [2.24, 2.45) is 5.41 Å². The molecule has 0 aliphatic heterocycles. The monoisotopic (exact) mass is 263 g/mol. The van der Waals surface area contributed by atoms with E-state index in [0.29, 0.717) is 5.41 Å². The van der Waals surface area contributed by atoms with E-state index in [1.807, 2.05) is 13.0 Å². The molecule has 108 valence electrons. The van der Waals surface area contributed by atoms with Gasteiger partial charge in [-0.15, -0.1) is 6.58 Å². The lowest BCUT2D eigenvalue weighted by Crippen LogP contribution is -2.24. The van der Waals surface area contributed by atoms with Crippen LogP contribution in [0.3, 0.4) is 0 Å². The van der Waals surface area contributed by atoms with Gasteiger partial charge in [-0.2, -0.15) is 0 Å². The second kappa shape index (κ2) is 7.37. The first-order chi connectivity index (χ1) is 8.98. The molecule has 0 fully saturated rings. The fourth-order valence-corrected chi connectivity index (χ4v) is 2.23. The van der Waals surface area contributed by atoms with Crippen LogP contribution in [0.4, 0.5) is 5.95 Å². The van der Waals surface area contributed by atoms with Gasteiger partial charge in [-0.25, -0.2) is 4.98 Å². The fourth-order valence-electron chi connectivity index (χ4n) is 2.23. The quantitative estimate of drug-likeness (QED) is 0.529. The lowest BCUT2D eigenvalue weighted by Gasteiger charge is -2.25. The number of nitrogens with one attached hydrogen (secondary N) is 1. The van der Waals surface area contributed by atoms with Crippen LogP contribution < -0.4 is 5.32 Å². The van der Waals surface area contributed by atoms with Crippen molar-refractivity contribution in [3.8, 4) is 0 Å². The molecule has 1 heterocycles. The van der Waals surface area contributed by atoms with E-state index in [1.165, 1.54) is 25.7 Å². The Morgan fingerprint density at radius 1 is 1.42 bits per heavy atom. The Bertz CT molecular complexity index is 391. The van der Waals surface area contributed by atoms with Crippen molar-refractivity contribution in [2.45, 2.75) is 59.9 Å². The van der Waals surface area contributed by atoms with Crippen LogP contribution in [0.1, 0.15) is 52.1 Å². The van der Waals surface area contributed by atoms with E-state index in [-0.39, 0.29) is 0 Å². The van der Waals surface area contributed by atoms with Gasteiger partial charge in [0, 0.05) is 19.3 Å². The molecule has 3 nitrogen and oxygen atoms in total. The summed E-state index contributed by atoms with van der Waals surface area (Å²) in [7, 11) is 0. The molecule has 1 aromatic heterocycles. The number of imidazole rings is 1. The number of rotatable bonds is 9. The van der Waals surface area contributed by atoms with Gasteiger partial charge in [-0.1, -0.05) is 46.1 Å². The van der Waals surface area contributed by atoms with Crippen LogP contribution in [0.2, 0.25) is 0 Å². The summed E-state index contributed by atoms with van der Waals surface area (Å²) in [6, 6.07) is 0. The molecule has 0 saturated carbocycles. The third kappa shape index (κ3) is 5.50. The lowest BCUT2D eigenvalue weighted by atomic mass is 9.87. The standard InChI is InChI=1S/C16H29N3/c1-6-8-9-10-16(4,5)13-17-15-18-14(3)12-19(15)11-7-2/h7,12H,2,6,8-11,13H2,1,3-5H3,(H,17,18). The molecule has 0 aliphatic rings. The van der Waals surface area contributed by atoms with Gasteiger partial charge < -0.3 is 9.88 Å². The molecule has 1 N–H and O–H groups in total. The van der Waals surface area contributed by atoms with Crippen molar-refractivity contribution in [1.82, 2.24) is 9.55 Å². The van der Waals surface area contributed by atoms with Gasteiger partial charge >= 0.3 is 0 Å². The summed E-state index contributed by atoms with van der Waals surface area (Å²) < 4.78 is 2.12. The predicted octanol–water partition coefficient (Wildman–Crippen LogP) is 4.40. The van der Waals surface area contributed by atoms with Crippen molar-refractivity contribution in [1.29, 1.82) is 0 Å². The van der Waals surface area contributed by atoms with Crippen LogP contribution in [0.15, 0.2) is 18.9 Å². The fraction of sp³-hybridized carbons (Fsp3) is 0.688. The van der Waals surface area contributed by atoms with Crippen molar-refractivity contribution >= 4 is 5.95 Å². The zero-order valence-corrected chi connectivity index (χ0v) is 13.0. The van der Waals surface area contributed by atoms with E-state index >= 15 is 0 Å². The average Bonchev–Trinajstić information content (AvgIpc) is 2.68. The third-order valence-corrected chi connectivity index (χ3v) is 3.40. The number of aryl methyl sites for hydroxylation is 1. The number of aromatic nitrogens is 2. The number of anilines is 1. The molecule has 19 heavy (non-hydrogen) atoms. The first-order valence-electron chi connectivity index (χ1n) is 7.37. The Balaban J connectivity index is 2.52. The Labute approximate surface area is 118 Å². The molecule has 0 radical (unpaired) electrons. The van der Waals surface area contributed by atoms with Crippen molar-refractivity contribution in [3.05, 3.63) is 24.5 Å². The van der Waals surface area contributed by atoms with Gasteiger partial charge in [-0.05, 0) is 18.8 Å². The summed E-state index contributed by atoms with van der Waals surface area (Å²) in [5.74, 6) is 0.959. The molecule has 0 atom stereocenters. The maximum Gasteiger partial charge on any atom is 0.203 e. The zero-order chi connectivity index (χ0) is 14.3. The average molecular weight is 263 g/mol. The Morgan fingerprint density at radius 3 is 2.79 bits per heavy atom. The smallest absolute Gasteiger partial charge is 0.203 e. The molecular formula is C16H29N3. The highest BCUT2D eigenvalue weighted by Crippen LogP contribution is 2.24. The van der Waals surface area contributed by atoms with Crippen molar-refractivity contribution in [3.63, 3.8) is 0 Å². The SMILES string of the molecule is C=CCn1cc(C)nc1NCC(C)(C)CCCCC. The van der Waals surface area contributed by atoms with E-state index < -0.39 is 0 Å². The Kier molecular flexibility index (Phi) is 6.13. The summed E-state index contributed by atoms with van der Waals surface area (Å²) in [6.45, 7) is 14.5. The highest BCUT2D eigenvalue weighted by molar-refractivity contribution is 5.29. The molecule has 0 amide bonds. The van der Waals surface area contributed by atoms with Crippen LogP contribution in [0, 0.1) is 12.3 Å². The molecule has 0 aliphatic carbocycles. The molecule has 3 heteroatoms. The lowest BCUT2D eigenvalue weighted by molar-refractivity contribution is 0.341. The highest BCUT2D eigenvalue weighted by atomic mass is 15.2. The number of allylic oxidation sites excluding steroid dienone is 1. The summed E-state index contributed by atoms with van der Waals surface area (Å²) in [4.78, 5) is 4.53. The van der Waals surface area contributed by atoms with Crippen molar-refractivity contribution in [2.75, 3.05) is 11.9 Å². The number of unbranched alkanes of at least 4 members (excludes halogenated alkanes) is 2. The van der Waals surface area contributed by atoms with Gasteiger partial charge in [0.05, 0.1) is 5.69 Å². The van der Waals surface area contributed by atoms with Crippen LogP contribution in [-0.2, 0) is 6.54 Å². The molecular weight excluding hydrogens is 234 g/mol. The molecule has 1 aromatic rings. The highest BCUT2D eigenvalue weighted by Gasteiger charge is 2.18. The van der Waals surface area contributed by atoms with Gasteiger partial charge in [-0.3, -0.25) is 0 Å². The number of hydrogen-bond donors (Lipinski definition) is 1. The second-order valence-electron chi connectivity index (χ2n) is 6.12. The zero-order valence-electron chi connectivity index (χ0n) is 13.0. The predicted molar refractivity (Wildman–Crippen MR) is 83.6 cm³/mol. The van der Waals surface area contributed by atoms with Gasteiger partial charge in [0.1, 0.15) is 0 Å². The van der Waals surface area contributed by atoms with Gasteiger partial charge in [0.25, 0.3) is 0 Å². The first kappa shape index (κ1) is 15.8. The van der Waals surface area contributed by atoms with E-state index in [4.69, 9.17) is 0 Å². The summed E-state index contributed by atoms with van der Waals surface area (Å²) in [5, 5.41) is 3.49. The van der Waals surface area contributed by atoms with E-state index in [9.17, 15) is 0 Å². The van der Waals surface area contributed by atoms with Crippen LogP contribution >= 0.6 is 0 Å². The van der Waals surface area contributed by atoms with E-state index in [0.717, 1.165) is 24.7 Å². The van der Waals surface area contributed by atoms with Gasteiger partial charge in [0.15, 0.2) is 0 Å². The maximum atomic E-state index is 4.53. The minimum atomic E-state index is 0.314. The summed E-state index contributed by atoms with van der Waals surface area (Å²) in [6.07, 6.45) is 9.15. The topological polar surface area (TPSA) is 29.9 Å². The summed E-state index contributed by atoms with van der Waals surface area (Å²) in [5.41, 5.74) is 1.36. The third-order valence-electron chi connectivity index (χ3n) is 3.40. The summed E-state index contributed by atoms with van der Waals surface area (Å²) >= 11 is 0. The van der Waals surface area contributed by atoms with Crippen LogP contribution in [-0.4, -0.2) is 16.1 Å². The minimum absolute atomic E-state index is 0.314. The molecule has 0 bridgehead atoms. The van der Waals surface area contributed by atoms with Crippen molar-refractivity contribution < 1.29 is 0 Å². The maximum absolute atomic E-state index is 4.53. The molecule has 0 unspecified atom stereocenters. The van der Waals surface area contributed by atoms with Gasteiger partial charge in [0.2, 0.25) is 5.95 Å². The second-order valence-corrected chi connectivity index (χ2v) is 6.12. The van der Waals surface area contributed by atoms with Crippen LogP contribution in [0.5, 0.6) is 0 Å². The molecule has 0 spiro atoms. The van der Waals surface area contributed by atoms with Crippen LogP contribution in [0.25, 0.3) is 0 Å².